The van der Waals surface area contributed by atoms with E-state index in [1.165, 1.54) is 77.0 Å². The van der Waals surface area contributed by atoms with Crippen LogP contribution >= 0.6 is 0 Å². The summed E-state index contributed by atoms with van der Waals surface area (Å²) in [6, 6.07) is 0.655. The average molecular weight is 394 g/mol. The number of hydrogen-bond donors (Lipinski definition) is 1. The predicted molar refractivity (Wildman–Crippen MR) is 130 cm³/mol. The van der Waals surface area contributed by atoms with Gasteiger partial charge in [0.1, 0.15) is 0 Å². The van der Waals surface area contributed by atoms with E-state index in [1.807, 2.05) is 0 Å². The molecule has 1 N–H and O–H groups in total. The minimum atomic E-state index is 0.559. The first-order valence-electron chi connectivity index (χ1n) is 12.7. The molecule has 0 amide bonds. The highest BCUT2D eigenvalue weighted by Gasteiger charge is 2.37. The molecule has 0 bridgehead atoms. The van der Waals surface area contributed by atoms with Crippen LogP contribution in [0.4, 0.5) is 0 Å². The molecule has 1 nitrogen and oxygen atoms in total. The van der Waals surface area contributed by atoms with Gasteiger partial charge in [-0.1, -0.05) is 91.7 Å². The molecular formula is C27H55N. The zero-order valence-electron chi connectivity index (χ0n) is 21.0. The fourth-order valence-electron chi connectivity index (χ4n) is 5.06. The van der Waals surface area contributed by atoms with Crippen LogP contribution in [0.3, 0.4) is 0 Å². The fourth-order valence-corrected chi connectivity index (χ4v) is 5.06. The van der Waals surface area contributed by atoms with E-state index in [1.54, 1.807) is 5.57 Å². The number of rotatable bonds is 18. The van der Waals surface area contributed by atoms with Crippen LogP contribution in [0.25, 0.3) is 0 Å². The fraction of sp³-hybridized carbons (Fsp3) is 0.926. The molecule has 0 aromatic rings. The van der Waals surface area contributed by atoms with Gasteiger partial charge in [-0.2, -0.15) is 0 Å². The quantitative estimate of drug-likeness (QED) is 0.181. The van der Waals surface area contributed by atoms with E-state index < -0.39 is 0 Å². The third-order valence-corrected chi connectivity index (χ3v) is 7.14. The summed E-state index contributed by atoms with van der Waals surface area (Å²) in [4.78, 5) is 0. The molecule has 0 heterocycles. The van der Waals surface area contributed by atoms with E-state index in [2.05, 4.69) is 66.8 Å². The maximum Gasteiger partial charge on any atom is 0.00387 e. The minimum absolute atomic E-state index is 0.559. The highest BCUT2D eigenvalue weighted by molar-refractivity contribution is 4.97. The van der Waals surface area contributed by atoms with Crippen molar-refractivity contribution in [2.24, 2.45) is 17.3 Å². The third-order valence-electron chi connectivity index (χ3n) is 7.14. The molecule has 0 aromatic carbocycles. The second kappa shape index (κ2) is 16.5. The normalized spacial score (nSPS) is 17.0. The topological polar surface area (TPSA) is 12.0 Å². The molecule has 0 aliphatic heterocycles. The summed E-state index contributed by atoms with van der Waals surface area (Å²) in [5.74, 6) is 1.64. The van der Waals surface area contributed by atoms with E-state index in [9.17, 15) is 0 Å². The van der Waals surface area contributed by atoms with Crippen LogP contribution < -0.4 is 5.32 Å². The molecule has 3 atom stereocenters. The third kappa shape index (κ3) is 11.0. The first-order chi connectivity index (χ1) is 13.3. The predicted octanol–water partition coefficient (Wildman–Crippen LogP) is 8.93. The van der Waals surface area contributed by atoms with E-state index in [4.69, 9.17) is 0 Å². The molecule has 0 rings (SSSR count). The van der Waals surface area contributed by atoms with Gasteiger partial charge >= 0.3 is 0 Å². The molecule has 0 radical (unpaired) electrons. The van der Waals surface area contributed by atoms with E-state index >= 15 is 0 Å². The van der Waals surface area contributed by atoms with Gasteiger partial charge in [0.25, 0.3) is 0 Å². The van der Waals surface area contributed by atoms with Crippen molar-refractivity contribution in [1.29, 1.82) is 0 Å². The van der Waals surface area contributed by atoms with Crippen LogP contribution in [0.2, 0.25) is 0 Å². The number of unbranched alkanes of at least 4 members (excludes halogenated alkanes) is 2. The highest BCUT2D eigenvalue weighted by atomic mass is 14.9. The number of hydrogen-bond acceptors (Lipinski definition) is 1. The lowest BCUT2D eigenvalue weighted by Crippen LogP contribution is -2.35. The van der Waals surface area contributed by atoms with Crippen LogP contribution in [0, 0.1) is 17.3 Å². The van der Waals surface area contributed by atoms with Gasteiger partial charge in [0, 0.05) is 6.04 Å². The smallest absolute Gasteiger partial charge is 0.00387 e. The SMILES string of the molecule is CCC/C=C(/C)CCCNC(C)CCCC(C)C(CCC)(CCCC)C(C)C. The first kappa shape index (κ1) is 27.7. The van der Waals surface area contributed by atoms with Gasteiger partial charge in [0.2, 0.25) is 0 Å². The Morgan fingerprint density at radius 1 is 0.857 bits per heavy atom. The van der Waals surface area contributed by atoms with Gasteiger partial charge < -0.3 is 5.32 Å². The van der Waals surface area contributed by atoms with Crippen molar-refractivity contribution in [3.8, 4) is 0 Å². The highest BCUT2D eigenvalue weighted by Crippen LogP contribution is 2.46. The summed E-state index contributed by atoms with van der Waals surface area (Å²) in [5, 5.41) is 3.76. The Balaban J connectivity index is 4.28. The second-order valence-electron chi connectivity index (χ2n) is 9.87. The van der Waals surface area contributed by atoms with Crippen molar-refractivity contribution in [3.63, 3.8) is 0 Å². The summed E-state index contributed by atoms with van der Waals surface area (Å²) in [6.07, 6.45) is 18.4. The van der Waals surface area contributed by atoms with Crippen molar-refractivity contribution in [2.75, 3.05) is 6.54 Å². The standard InChI is InChI=1S/C27H55N/c1-9-12-16-24(6)17-15-22-28-26(8)19-14-18-25(7)27(20-11-3,23(4)5)21-13-10-2/h16,23,25-26,28H,9-15,17-22H2,1-8H3/b24-16-. The molecule has 168 valence electrons. The Morgan fingerprint density at radius 2 is 1.57 bits per heavy atom. The van der Waals surface area contributed by atoms with Gasteiger partial charge in [0.15, 0.2) is 0 Å². The minimum Gasteiger partial charge on any atom is -0.314 e. The van der Waals surface area contributed by atoms with Crippen molar-refractivity contribution in [3.05, 3.63) is 11.6 Å². The van der Waals surface area contributed by atoms with Crippen molar-refractivity contribution < 1.29 is 0 Å². The van der Waals surface area contributed by atoms with Gasteiger partial charge in [-0.05, 0) is 76.2 Å². The Labute approximate surface area is 179 Å². The summed E-state index contributed by atoms with van der Waals surface area (Å²) >= 11 is 0. The lowest BCUT2D eigenvalue weighted by Gasteiger charge is -2.44. The summed E-state index contributed by atoms with van der Waals surface area (Å²) in [6.45, 7) is 20.3. The molecule has 0 aliphatic carbocycles. The molecule has 0 spiro atoms. The Bertz CT molecular complexity index is 384. The van der Waals surface area contributed by atoms with Crippen LogP contribution in [0.15, 0.2) is 11.6 Å². The van der Waals surface area contributed by atoms with Gasteiger partial charge in [0.05, 0.1) is 0 Å². The van der Waals surface area contributed by atoms with Crippen molar-refractivity contribution >= 4 is 0 Å². The number of allylic oxidation sites excluding steroid dienone is 2. The monoisotopic (exact) mass is 393 g/mol. The van der Waals surface area contributed by atoms with Crippen molar-refractivity contribution in [1.82, 2.24) is 5.32 Å². The van der Waals surface area contributed by atoms with E-state index in [-0.39, 0.29) is 0 Å². The lowest BCUT2D eigenvalue weighted by atomic mass is 9.62. The van der Waals surface area contributed by atoms with E-state index in [0.717, 1.165) is 18.4 Å². The molecule has 0 saturated heterocycles. The Hall–Kier alpha value is -0.300. The molecule has 28 heavy (non-hydrogen) atoms. The van der Waals surface area contributed by atoms with Gasteiger partial charge in [-0.25, -0.2) is 0 Å². The zero-order valence-corrected chi connectivity index (χ0v) is 21.0. The Morgan fingerprint density at radius 3 is 2.14 bits per heavy atom. The molecule has 0 aromatic heterocycles. The van der Waals surface area contributed by atoms with Gasteiger partial charge in [-0.15, -0.1) is 0 Å². The van der Waals surface area contributed by atoms with Crippen molar-refractivity contribution in [2.45, 2.75) is 138 Å². The molecule has 1 heteroatoms. The second-order valence-corrected chi connectivity index (χ2v) is 9.87. The van der Waals surface area contributed by atoms with E-state index in [0.29, 0.717) is 11.5 Å². The van der Waals surface area contributed by atoms with Crippen LogP contribution in [-0.4, -0.2) is 12.6 Å². The summed E-state index contributed by atoms with van der Waals surface area (Å²) in [7, 11) is 0. The molecule has 0 saturated carbocycles. The largest absolute Gasteiger partial charge is 0.314 e. The van der Waals surface area contributed by atoms with Crippen LogP contribution in [0.1, 0.15) is 132 Å². The molecular weight excluding hydrogens is 338 g/mol. The van der Waals surface area contributed by atoms with Crippen LogP contribution in [0.5, 0.6) is 0 Å². The maximum absolute atomic E-state index is 3.76. The van der Waals surface area contributed by atoms with Crippen LogP contribution in [-0.2, 0) is 0 Å². The molecule has 0 fully saturated rings. The first-order valence-corrected chi connectivity index (χ1v) is 12.7. The molecule has 3 unspecified atom stereocenters. The summed E-state index contributed by atoms with van der Waals surface area (Å²) in [5.41, 5.74) is 2.13. The lowest BCUT2D eigenvalue weighted by molar-refractivity contribution is 0.0633. The number of nitrogens with one attached hydrogen (secondary N) is 1. The maximum atomic E-state index is 3.76. The molecule has 0 aliphatic rings. The average Bonchev–Trinajstić information content (AvgIpc) is 2.66. The Kier molecular flexibility index (Phi) is 16.3. The summed E-state index contributed by atoms with van der Waals surface area (Å²) < 4.78 is 0. The van der Waals surface area contributed by atoms with Gasteiger partial charge in [-0.3, -0.25) is 0 Å². The zero-order chi connectivity index (χ0) is 21.4.